The van der Waals surface area contributed by atoms with Crippen molar-refractivity contribution in [1.29, 1.82) is 0 Å². The second-order valence-electron chi connectivity index (χ2n) is 8.16. The lowest BCUT2D eigenvalue weighted by atomic mass is 9.84. The van der Waals surface area contributed by atoms with E-state index in [1.165, 1.54) is 42.9 Å². The predicted molar refractivity (Wildman–Crippen MR) is 129 cm³/mol. The lowest BCUT2D eigenvalue weighted by molar-refractivity contribution is 0.419. The molecular weight excluding hydrogens is 370 g/mol. The summed E-state index contributed by atoms with van der Waals surface area (Å²) in [4.78, 5) is 7.58. The summed E-state index contributed by atoms with van der Waals surface area (Å²) >= 11 is 0. The fraction of sp³-hybridized carbons (Fsp3) is 0.480. The molecule has 3 aliphatic rings. The third-order valence-corrected chi connectivity index (χ3v) is 6.27. The average molecular weight is 406 g/mol. The molecule has 0 bridgehead atoms. The molecule has 3 aliphatic heterocycles. The normalized spacial score (nSPS) is 20.7. The van der Waals surface area contributed by atoms with Gasteiger partial charge in [0.1, 0.15) is 5.84 Å². The quantitative estimate of drug-likeness (QED) is 0.682. The van der Waals surface area contributed by atoms with Crippen molar-refractivity contribution in [3.05, 3.63) is 54.1 Å². The van der Waals surface area contributed by atoms with E-state index in [9.17, 15) is 0 Å². The summed E-state index contributed by atoms with van der Waals surface area (Å²) in [6, 6.07) is 17.4. The summed E-state index contributed by atoms with van der Waals surface area (Å²) in [6.07, 6.45) is 4.69. The topological polar surface area (TPSA) is 51.7 Å². The molecule has 2 aromatic rings. The average Bonchev–Trinajstić information content (AvgIpc) is 3.35. The molecule has 0 unspecified atom stereocenters. The van der Waals surface area contributed by atoms with Crippen molar-refractivity contribution in [2.24, 2.45) is 4.99 Å². The molecule has 3 N–H and O–H groups in total. The van der Waals surface area contributed by atoms with Crippen molar-refractivity contribution < 1.29 is 0 Å². The van der Waals surface area contributed by atoms with Crippen molar-refractivity contribution in [3.8, 4) is 0 Å². The van der Waals surface area contributed by atoms with Crippen LogP contribution in [-0.2, 0) is 6.54 Å². The highest BCUT2D eigenvalue weighted by molar-refractivity contribution is 6.09. The maximum Gasteiger partial charge on any atom is 0.127 e. The van der Waals surface area contributed by atoms with Gasteiger partial charge in [-0.3, -0.25) is 4.99 Å². The zero-order valence-corrected chi connectivity index (χ0v) is 18.4. The Morgan fingerprint density at radius 3 is 2.43 bits per heavy atom. The number of benzene rings is 2. The maximum absolute atomic E-state index is 5.09. The molecule has 0 atom stereocenters. The van der Waals surface area contributed by atoms with Crippen LogP contribution in [0.25, 0.3) is 0 Å². The minimum absolute atomic E-state index is 0.0911. The molecule has 5 nitrogen and oxygen atoms in total. The van der Waals surface area contributed by atoms with Gasteiger partial charge in [0.25, 0.3) is 0 Å². The first-order valence-corrected chi connectivity index (χ1v) is 11.6. The molecule has 0 saturated carbocycles. The predicted octanol–water partition coefficient (Wildman–Crippen LogP) is 4.87. The van der Waals surface area contributed by atoms with Gasteiger partial charge in [-0.15, -0.1) is 0 Å². The minimum Gasteiger partial charge on any atom is -0.372 e. The zero-order valence-electron chi connectivity index (χ0n) is 18.4. The number of nitrogens with zero attached hydrogens (tertiary/aromatic N) is 2. The monoisotopic (exact) mass is 405 g/mol. The second kappa shape index (κ2) is 9.52. The minimum atomic E-state index is -0.0911. The lowest BCUT2D eigenvalue weighted by Gasteiger charge is -2.44. The van der Waals surface area contributed by atoms with E-state index >= 15 is 0 Å². The fourth-order valence-electron chi connectivity index (χ4n) is 4.67. The van der Waals surface area contributed by atoms with Crippen LogP contribution in [-0.4, -0.2) is 37.6 Å². The fourth-order valence-corrected chi connectivity index (χ4v) is 4.67. The summed E-state index contributed by atoms with van der Waals surface area (Å²) < 4.78 is 0. The van der Waals surface area contributed by atoms with Gasteiger partial charge in [0.15, 0.2) is 0 Å². The lowest BCUT2D eigenvalue weighted by Crippen LogP contribution is -2.57. The van der Waals surface area contributed by atoms with Crippen LogP contribution in [0.5, 0.6) is 0 Å². The molecule has 160 valence electrons. The molecule has 2 saturated heterocycles. The Balaban J connectivity index is 0.00000106. The van der Waals surface area contributed by atoms with Gasteiger partial charge in [-0.2, -0.15) is 0 Å². The number of para-hydroxylation sites is 2. The van der Waals surface area contributed by atoms with Crippen LogP contribution in [0.2, 0.25) is 0 Å². The molecular formula is C25H35N5. The number of nitrogens with one attached hydrogen (secondary N) is 3. The van der Waals surface area contributed by atoms with Gasteiger partial charge in [-0.25, -0.2) is 0 Å². The summed E-state index contributed by atoms with van der Waals surface area (Å²) in [5.41, 5.74) is 4.83. The van der Waals surface area contributed by atoms with Gasteiger partial charge in [0.05, 0.1) is 23.5 Å². The van der Waals surface area contributed by atoms with Crippen LogP contribution < -0.4 is 20.9 Å². The van der Waals surface area contributed by atoms with E-state index in [-0.39, 0.29) is 5.54 Å². The highest BCUT2D eigenvalue weighted by Gasteiger charge is 2.40. The molecule has 2 fully saturated rings. The van der Waals surface area contributed by atoms with Gasteiger partial charge < -0.3 is 20.9 Å². The zero-order chi connectivity index (χ0) is 20.8. The van der Waals surface area contributed by atoms with Gasteiger partial charge in [-0.05, 0) is 68.6 Å². The Kier molecular flexibility index (Phi) is 6.58. The molecule has 3 heterocycles. The molecule has 0 radical (unpaired) electrons. The number of anilines is 3. The van der Waals surface area contributed by atoms with E-state index in [0.29, 0.717) is 6.54 Å². The van der Waals surface area contributed by atoms with E-state index in [2.05, 4.69) is 69.4 Å². The first-order valence-electron chi connectivity index (χ1n) is 11.6. The molecule has 30 heavy (non-hydrogen) atoms. The largest absolute Gasteiger partial charge is 0.372 e. The Hall–Kier alpha value is -2.53. The van der Waals surface area contributed by atoms with Gasteiger partial charge in [0.2, 0.25) is 0 Å². The van der Waals surface area contributed by atoms with Crippen LogP contribution in [0.1, 0.15) is 45.1 Å². The number of hydrogen-bond donors (Lipinski definition) is 3. The summed E-state index contributed by atoms with van der Waals surface area (Å²) in [5, 5.41) is 10.9. The number of amidine groups is 1. The van der Waals surface area contributed by atoms with Crippen LogP contribution in [0.4, 0.5) is 17.1 Å². The van der Waals surface area contributed by atoms with Crippen molar-refractivity contribution >= 4 is 22.9 Å². The molecule has 2 aromatic carbocycles. The van der Waals surface area contributed by atoms with Crippen LogP contribution in [0, 0.1) is 0 Å². The van der Waals surface area contributed by atoms with E-state index in [1.54, 1.807) is 0 Å². The molecule has 1 spiro atoms. The van der Waals surface area contributed by atoms with Crippen LogP contribution in [0.3, 0.4) is 0 Å². The van der Waals surface area contributed by atoms with Crippen LogP contribution in [0.15, 0.2) is 53.5 Å². The Morgan fingerprint density at radius 1 is 0.933 bits per heavy atom. The number of aliphatic imine (C=N–C) groups is 1. The highest BCUT2D eigenvalue weighted by Crippen LogP contribution is 2.36. The van der Waals surface area contributed by atoms with Gasteiger partial charge in [-0.1, -0.05) is 38.1 Å². The van der Waals surface area contributed by atoms with E-state index in [4.69, 9.17) is 4.99 Å². The number of piperidine rings is 1. The standard InChI is InChI=1S/C23H29N5.C2H6/c1-2-9-21-20(8-1)26-22(23(27-21)10-12-24-13-11-23)25-17-18-6-5-7-19(16-18)28-14-3-4-15-28;1-2/h1-2,5-9,16,24,27H,3-4,10-15,17H2,(H,25,26);1-2H3. The first kappa shape index (κ1) is 20.7. The summed E-state index contributed by atoms with van der Waals surface area (Å²) in [6.45, 7) is 9.09. The number of rotatable bonds is 3. The Morgan fingerprint density at radius 2 is 1.67 bits per heavy atom. The summed E-state index contributed by atoms with van der Waals surface area (Å²) in [7, 11) is 0. The van der Waals surface area contributed by atoms with Crippen molar-refractivity contribution in [1.82, 2.24) is 5.32 Å². The number of hydrogen-bond acceptors (Lipinski definition) is 4. The smallest absolute Gasteiger partial charge is 0.127 e. The van der Waals surface area contributed by atoms with E-state index < -0.39 is 0 Å². The van der Waals surface area contributed by atoms with Gasteiger partial charge >= 0.3 is 0 Å². The third kappa shape index (κ3) is 4.31. The molecule has 5 heteroatoms. The SMILES string of the molecule is CC.c1cc(CN=C2Nc3ccccc3NC23CCNCC3)cc(N2CCCC2)c1. The van der Waals surface area contributed by atoms with Crippen molar-refractivity contribution in [2.75, 3.05) is 41.7 Å². The highest BCUT2D eigenvalue weighted by atomic mass is 15.2. The summed E-state index contributed by atoms with van der Waals surface area (Å²) in [5.74, 6) is 1.08. The molecule has 0 aliphatic carbocycles. The third-order valence-electron chi connectivity index (χ3n) is 6.27. The van der Waals surface area contributed by atoms with Crippen molar-refractivity contribution in [2.45, 2.75) is 51.6 Å². The van der Waals surface area contributed by atoms with E-state index in [1.807, 2.05) is 13.8 Å². The first-order chi connectivity index (χ1) is 14.8. The number of fused-ring (bicyclic) bond motifs is 1. The molecule has 0 amide bonds. The Labute approximate surface area is 181 Å². The molecule has 0 aromatic heterocycles. The van der Waals surface area contributed by atoms with Crippen molar-refractivity contribution in [3.63, 3.8) is 0 Å². The Bertz CT molecular complexity index is 863. The van der Waals surface area contributed by atoms with E-state index in [0.717, 1.165) is 37.5 Å². The maximum atomic E-state index is 5.09. The van der Waals surface area contributed by atoms with Crippen LogP contribution >= 0.6 is 0 Å². The second-order valence-corrected chi connectivity index (χ2v) is 8.16. The molecule has 5 rings (SSSR count). The van der Waals surface area contributed by atoms with Gasteiger partial charge in [0, 0.05) is 18.8 Å².